The zero-order valence-corrected chi connectivity index (χ0v) is 16.6. The van der Waals surface area contributed by atoms with Crippen LogP contribution >= 0.6 is 11.3 Å². The number of nitrogens with zero attached hydrogens (tertiary/aromatic N) is 2. The first kappa shape index (κ1) is 19.4. The molecule has 2 unspecified atom stereocenters. The third-order valence-electron chi connectivity index (χ3n) is 4.82. The molecule has 2 atom stereocenters. The van der Waals surface area contributed by atoms with Crippen LogP contribution in [0.2, 0.25) is 0 Å². The van der Waals surface area contributed by atoms with Crippen LogP contribution < -0.4 is 10.6 Å². The molecule has 0 saturated carbocycles. The Morgan fingerprint density at radius 3 is 2.81 bits per heavy atom. The molecule has 1 saturated heterocycles. The summed E-state index contributed by atoms with van der Waals surface area (Å²) in [7, 11) is 0. The van der Waals surface area contributed by atoms with E-state index in [4.69, 9.17) is 0 Å². The third kappa shape index (κ3) is 4.86. The summed E-state index contributed by atoms with van der Waals surface area (Å²) in [5.74, 6) is -0.230. The second-order valence-corrected chi connectivity index (χ2v) is 7.72. The quantitative estimate of drug-likeness (QED) is 0.792. The number of hydrogen-bond acceptors (Lipinski definition) is 5. The van der Waals surface area contributed by atoms with Gasteiger partial charge in [0.25, 0.3) is 5.91 Å². The Balaban J connectivity index is 1.70. The van der Waals surface area contributed by atoms with Gasteiger partial charge in [-0.1, -0.05) is 25.1 Å². The van der Waals surface area contributed by atoms with E-state index >= 15 is 0 Å². The van der Waals surface area contributed by atoms with E-state index in [1.54, 1.807) is 10.3 Å². The molecule has 0 spiro atoms. The number of carbonyl (C=O) groups is 2. The summed E-state index contributed by atoms with van der Waals surface area (Å²) in [4.78, 5) is 31.7. The molecule has 2 heterocycles. The predicted octanol–water partition coefficient (Wildman–Crippen LogP) is 3.80. The number of para-hydroxylation sites is 1. The Hall–Kier alpha value is -2.41. The number of amides is 2. The lowest BCUT2D eigenvalue weighted by molar-refractivity contribution is -0.127. The van der Waals surface area contributed by atoms with Gasteiger partial charge in [0.05, 0.1) is 0 Å². The maximum absolute atomic E-state index is 13.0. The number of nitrogens with one attached hydrogen (secondary N) is 2. The number of carbonyl (C=O) groups excluding carboxylic acids is 2. The summed E-state index contributed by atoms with van der Waals surface area (Å²) in [5.41, 5.74) is 1.32. The van der Waals surface area contributed by atoms with Crippen molar-refractivity contribution in [2.24, 2.45) is 0 Å². The van der Waals surface area contributed by atoms with Crippen LogP contribution in [0, 0.1) is 0 Å². The fourth-order valence-electron chi connectivity index (χ4n) is 3.11. The van der Waals surface area contributed by atoms with Gasteiger partial charge in [-0.15, -0.1) is 11.3 Å². The van der Waals surface area contributed by atoms with Crippen molar-refractivity contribution in [2.75, 3.05) is 11.9 Å². The summed E-state index contributed by atoms with van der Waals surface area (Å²) >= 11 is 1.39. The SMILES string of the molecule is CCC(C)NC(=O)C1CCCCN1C(=O)c1csc(Nc2ccccc2)n1. The smallest absolute Gasteiger partial charge is 0.274 e. The van der Waals surface area contributed by atoms with Crippen LogP contribution in [0.1, 0.15) is 50.0 Å². The lowest BCUT2D eigenvalue weighted by atomic mass is 10.0. The van der Waals surface area contributed by atoms with Gasteiger partial charge in [0.1, 0.15) is 11.7 Å². The number of aromatic nitrogens is 1. The fraction of sp³-hybridized carbons (Fsp3) is 0.450. The van der Waals surface area contributed by atoms with E-state index in [9.17, 15) is 9.59 Å². The minimum absolute atomic E-state index is 0.0599. The van der Waals surface area contributed by atoms with Gasteiger partial charge in [-0.05, 0) is 44.7 Å². The zero-order chi connectivity index (χ0) is 19.2. The number of thiazole rings is 1. The lowest BCUT2D eigenvalue weighted by Crippen LogP contribution is -2.53. The molecular weight excluding hydrogens is 360 g/mol. The number of likely N-dealkylation sites (tertiary alicyclic amines) is 1. The zero-order valence-electron chi connectivity index (χ0n) is 15.8. The molecule has 6 nitrogen and oxygen atoms in total. The highest BCUT2D eigenvalue weighted by molar-refractivity contribution is 7.14. The molecule has 2 N–H and O–H groups in total. The molecule has 1 aromatic carbocycles. The first-order valence-corrected chi connectivity index (χ1v) is 10.4. The Kier molecular flexibility index (Phi) is 6.45. The van der Waals surface area contributed by atoms with Gasteiger partial charge in [0, 0.05) is 23.7 Å². The highest BCUT2D eigenvalue weighted by atomic mass is 32.1. The molecular formula is C20H26N4O2S. The molecule has 0 radical (unpaired) electrons. The van der Waals surface area contributed by atoms with Crippen molar-refractivity contribution in [1.82, 2.24) is 15.2 Å². The van der Waals surface area contributed by atoms with Crippen molar-refractivity contribution >= 4 is 34.0 Å². The minimum Gasteiger partial charge on any atom is -0.352 e. The predicted molar refractivity (Wildman–Crippen MR) is 108 cm³/mol. The topological polar surface area (TPSA) is 74.3 Å². The third-order valence-corrected chi connectivity index (χ3v) is 5.57. The standard InChI is InChI=1S/C20H26N4O2S/c1-3-14(2)21-18(25)17-11-7-8-12-24(17)19(26)16-13-27-20(23-16)22-15-9-5-4-6-10-15/h4-6,9-10,13-14,17H,3,7-8,11-12H2,1-2H3,(H,21,25)(H,22,23). The Bertz CT molecular complexity index is 777. The van der Waals surface area contributed by atoms with Crippen molar-refractivity contribution in [1.29, 1.82) is 0 Å². The number of anilines is 2. The van der Waals surface area contributed by atoms with Gasteiger partial charge in [0.15, 0.2) is 5.13 Å². The Morgan fingerprint density at radius 2 is 2.07 bits per heavy atom. The fourth-order valence-corrected chi connectivity index (χ4v) is 3.81. The van der Waals surface area contributed by atoms with E-state index in [1.807, 2.05) is 44.2 Å². The minimum atomic E-state index is -0.410. The van der Waals surface area contributed by atoms with Gasteiger partial charge >= 0.3 is 0 Å². The Morgan fingerprint density at radius 1 is 1.30 bits per heavy atom. The van der Waals surface area contributed by atoms with E-state index in [0.29, 0.717) is 23.8 Å². The van der Waals surface area contributed by atoms with E-state index in [0.717, 1.165) is 24.9 Å². The van der Waals surface area contributed by atoms with Crippen LogP contribution in [0.5, 0.6) is 0 Å². The maximum atomic E-state index is 13.0. The monoisotopic (exact) mass is 386 g/mol. The van der Waals surface area contributed by atoms with Crippen molar-refractivity contribution < 1.29 is 9.59 Å². The molecule has 1 aromatic heterocycles. The molecule has 0 bridgehead atoms. The number of hydrogen-bond donors (Lipinski definition) is 2. The molecule has 2 amide bonds. The van der Waals surface area contributed by atoms with Gasteiger partial charge < -0.3 is 15.5 Å². The van der Waals surface area contributed by atoms with Crippen LogP contribution in [0.4, 0.5) is 10.8 Å². The van der Waals surface area contributed by atoms with E-state index in [2.05, 4.69) is 15.6 Å². The second kappa shape index (κ2) is 8.99. The maximum Gasteiger partial charge on any atom is 0.274 e. The molecule has 1 aliphatic rings. The van der Waals surface area contributed by atoms with Crippen molar-refractivity contribution in [3.05, 3.63) is 41.4 Å². The largest absolute Gasteiger partial charge is 0.352 e. The molecule has 3 rings (SSSR count). The highest BCUT2D eigenvalue weighted by Gasteiger charge is 2.33. The van der Waals surface area contributed by atoms with Gasteiger partial charge in [-0.2, -0.15) is 0 Å². The van der Waals surface area contributed by atoms with Gasteiger partial charge in [0.2, 0.25) is 5.91 Å². The number of piperidine rings is 1. The first-order chi connectivity index (χ1) is 13.1. The van der Waals surface area contributed by atoms with Crippen LogP contribution in [0.25, 0.3) is 0 Å². The molecule has 27 heavy (non-hydrogen) atoms. The lowest BCUT2D eigenvalue weighted by Gasteiger charge is -2.34. The second-order valence-electron chi connectivity index (χ2n) is 6.86. The molecule has 2 aromatic rings. The van der Waals surface area contributed by atoms with Crippen LogP contribution in [-0.4, -0.2) is 40.3 Å². The van der Waals surface area contributed by atoms with E-state index < -0.39 is 6.04 Å². The Labute approximate surface area is 164 Å². The average Bonchev–Trinajstić information content (AvgIpc) is 3.16. The van der Waals surface area contributed by atoms with Crippen LogP contribution in [-0.2, 0) is 4.79 Å². The van der Waals surface area contributed by atoms with Gasteiger partial charge in [-0.25, -0.2) is 4.98 Å². The summed E-state index contributed by atoms with van der Waals surface area (Å²) < 4.78 is 0. The normalized spacial score (nSPS) is 18.0. The molecule has 0 aliphatic carbocycles. The summed E-state index contributed by atoms with van der Waals surface area (Å²) in [6, 6.07) is 9.42. The van der Waals surface area contributed by atoms with Crippen molar-refractivity contribution in [3.63, 3.8) is 0 Å². The number of rotatable bonds is 6. The van der Waals surface area contributed by atoms with Gasteiger partial charge in [-0.3, -0.25) is 9.59 Å². The summed E-state index contributed by atoms with van der Waals surface area (Å²) in [5, 5.41) is 8.64. The highest BCUT2D eigenvalue weighted by Crippen LogP contribution is 2.24. The molecule has 144 valence electrons. The molecule has 7 heteroatoms. The van der Waals surface area contributed by atoms with Crippen LogP contribution in [0.15, 0.2) is 35.7 Å². The van der Waals surface area contributed by atoms with E-state index in [1.165, 1.54) is 11.3 Å². The first-order valence-electron chi connectivity index (χ1n) is 9.47. The van der Waals surface area contributed by atoms with E-state index in [-0.39, 0.29) is 17.9 Å². The number of benzene rings is 1. The van der Waals surface area contributed by atoms with Crippen molar-refractivity contribution in [3.8, 4) is 0 Å². The molecule has 1 fully saturated rings. The summed E-state index contributed by atoms with van der Waals surface area (Å²) in [6.45, 7) is 4.61. The molecule has 1 aliphatic heterocycles. The average molecular weight is 387 g/mol. The van der Waals surface area contributed by atoms with Crippen molar-refractivity contribution in [2.45, 2.75) is 51.6 Å². The van der Waals surface area contributed by atoms with Crippen LogP contribution in [0.3, 0.4) is 0 Å². The summed E-state index contributed by atoms with van der Waals surface area (Å²) in [6.07, 6.45) is 3.44.